The topological polar surface area (TPSA) is 88.2 Å². The molecule has 0 unspecified atom stereocenters. The first-order valence-electron chi connectivity index (χ1n) is 6.76. The second-order valence-electron chi connectivity index (χ2n) is 4.79. The Morgan fingerprint density at radius 3 is 2.57 bits per heavy atom. The van der Waals surface area contributed by atoms with Gasteiger partial charge in [0.15, 0.2) is 5.82 Å². The second kappa shape index (κ2) is 5.74. The summed E-state index contributed by atoms with van der Waals surface area (Å²) in [6.45, 7) is 2.64. The zero-order chi connectivity index (χ0) is 14.7. The van der Waals surface area contributed by atoms with Crippen LogP contribution in [-0.2, 0) is 0 Å². The fourth-order valence-electron chi connectivity index (χ4n) is 2.37. The average Bonchev–Trinajstić information content (AvgIpc) is 2.56. The molecule has 7 nitrogen and oxygen atoms in total. The van der Waals surface area contributed by atoms with Crippen molar-refractivity contribution in [3.05, 3.63) is 42.6 Å². The van der Waals surface area contributed by atoms with Gasteiger partial charge in [-0.25, -0.2) is 9.97 Å². The molecule has 3 heterocycles. The molecule has 0 atom stereocenters. The molecule has 2 aromatic heterocycles. The van der Waals surface area contributed by atoms with Crippen LogP contribution in [0.3, 0.4) is 0 Å². The van der Waals surface area contributed by atoms with Crippen LogP contribution in [0.5, 0.6) is 0 Å². The van der Waals surface area contributed by atoms with Gasteiger partial charge in [0.05, 0.1) is 11.9 Å². The van der Waals surface area contributed by atoms with Gasteiger partial charge in [-0.05, 0) is 12.1 Å². The van der Waals surface area contributed by atoms with Crippen LogP contribution in [0.1, 0.15) is 10.5 Å². The third kappa shape index (κ3) is 2.76. The molecule has 0 spiro atoms. The Labute approximate surface area is 122 Å². The van der Waals surface area contributed by atoms with E-state index in [9.17, 15) is 4.79 Å². The summed E-state index contributed by atoms with van der Waals surface area (Å²) in [5.74, 6) is 0.695. The lowest BCUT2D eigenvalue weighted by molar-refractivity contribution is 0.0740. The van der Waals surface area contributed by atoms with Crippen molar-refractivity contribution >= 4 is 17.4 Å². The molecule has 2 aromatic rings. The Kier molecular flexibility index (Phi) is 3.63. The van der Waals surface area contributed by atoms with Gasteiger partial charge in [-0.15, -0.1) is 0 Å². The first-order valence-corrected chi connectivity index (χ1v) is 6.76. The van der Waals surface area contributed by atoms with Crippen molar-refractivity contribution < 1.29 is 4.79 Å². The first-order chi connectivity index (χ1) is 10.3. The SMILES string of the molecule is Nc1cccnc1N1CCN(C(=O)c2cnccn2)CC1. The number of hydrogen-bond donors (Lipinski definition) is 1. The molecular weight excluding hydrogens is 268 g/mol. The normalized spacial score (nSPS) is 15.0. The van der Waals surface area contributed by atoms with E-state index >= 15 is 0 Å². The molecule has 1 fully saturated rings. The van der Waals surface area contributed by atoms with Crippen molar-refractivity contribution in [2.45, 2.75) is 0 Å². The van der Waals surface area contributed by atoms with Crippen LogP contribution in [0.2, 0.25) is 0 Å². The highest BCUT2D eigenvalue weighted by Gasteiger charge is 2.24. The van der Waals surface area contributed by atoms with Crippen molar-refractivity contribution in [2.75, 3.05) is 36.8 Å². The molecule has 7 heteroatoms. The van der Waals surface area contributed by atoms with Gasteiger partial charge >= 0.3 is 0 Å². The number of rotatable bonds is 2. The monoisotopic (exact) mass is 284 g/mol. The maximum absolute atomic E-state index is 12.3. The zero-order valence-corrected chi connectivity index (χ0v) is 11.5. The predicted molar refractivity (Wildman–Crippen MR) is 78.8 cm³/mol. The summed E-state index contributed by atoms with van der Waals surface area (Å²) in [6, 6.07) is 3.64. The van der Waals surface area contributed by atoms with Gasteiger partial charge in [0, 0.05) is 44.8 Å². The number of nitrogens with two attached hydrogens (primary N) is 1. The van der Waals surface area contributed by atoms with Gasteiger partial charge in [-0.3, -0.25) is 9.78 Å². The number of carbonyl (C=O) groups excluding carboxylic acids is 1. The highest BCUT2D eigenvalue weighted by molar-refractivity contribution is 5.92. The summed E-state index contributed by atoms with van der Waals surface area (Å²) in [5.41, 5.74) is 6.97. The van der Waals surface area contributed by atoms with Crippen molar-refractivity contribution in [1.82, 2.24) is 19.9 Å². The lowest BCUT2D eigenvalue weighted by atomic mass is 10.2. The van der Waals surface area contributed by atoms with E-state index in [4.69, 9.17) is 5.73 Å². The Hall–Kier alpha value is -2.70. The Bertz CT molecular complexity index is 624. The number of aromatic nitrogens is 3. The minimum Gasteiger partial charge on any atom is -0.396 e. The van der Waals surface area contributed by atoms with E-state index in [1.807, 2.05) is 12.1 Å². The standard InChI is InChI=1S/C14H16N6O/c15-11-2-1-3-18-13(11)19-6-8-20(9-7-19)14(21)12-10-16-4-5-17-12/h1-5,10H,6-9,15H2. The molecule has 1 saturated heterocycles. The van der Waals surface area contributed by atoms with Gasteiger partial charge in [0.1, 0.15) is 5.69 Å². The fraction of sp³-hybridized carbons (Fsp3) is 0.286. The van der Waals surface area contributed by atoms with Gasteiger partial charge in [-0.1, -0.05) is 0 Å². The van der Waals surface area contributed by atoms with Gasteiger partial charge in [0.2, 0.25) is 0 Å². The quantitative estimate of drug-likeness (QED) is 0.859. The second-order valence-corrected chi connectivity index (χ2v) is 4.79. The maximum atomic E-state index is 12.3. The van der Waals surface area contributed by atoms with E-state index in [1.54, 1.807) is 17.3 Å². The Balaban J connectivity index is 1.66. The van der Waals surface area contributed by atoms with Crippen LogP contribution in [0.15, 0.2) is 36.9 Å². The van der Waals surface area contributed by atoms with Crippen molar-refractivity contribution in [2.24, 2.45) is 0 Å². The van der Waals surface area contributed by atoms with Crippen molar-refractivity contribution in [3.63, 3.8) is 0 Å². The van der Waals surface area contributed by atoms with Crippen LogP contribution in [0, 0.1) is 0 Å². The van der Waals surface area contributed by atoms with E-state index in [0.29, 0.717) is 37.6 Å². The number of anilines is 2. The van der Waals surface area contributed by atoms with Gasteiger partial charge < -0.3 is 15.5 Å². The van der Waals surface area contributed by atoms with E-state index in [-0.39, 0.29) is 5.91 Å². The van der Waals surface area contributed by atoms with E-state index in [1.165, 1.54) is 12.4 Å². The molecule has 21 heavy (non-hydrogen) atoms. The average molecular weight is 284 g/mol. The molecule has 1 aliphatic rings. The van der Waals surface area contributed by atoms with Crippen LogP contribution < -0.4 is 10.6 Å². The van der Waals surface area contributed by atoms with E-state index in [0.717, 1.165) is 5.82 Å². The first kappa shape index (κ1) is 13.3. The fourth-order valence-corrected chi connectivity index (χ4v) is 2.37. The molecule has 1 amide bonds. The molecular formula is C14H16N6O. The smallest absolute Gasteiger partial charge is 0.274 e. The summed E-state index contributed by atoms with van der Waals surface area (Å²) in [7, 11) is 0. The summed E-state index contributed by atoms with van der Waals surface area (Å²) < 4.78 is 0. The van der Waals surface area contributed by atoms with Crippen LogP contribution in [-0.4, -0.2) is 51.9 Å². The van der Waals surface area contributed by atoms with E-state index in [2.05, 4.69) is 19.9 Å². The lowest BCUT2D eigenvalue weighted by Gasteiger charge is -2.35. The van der Waals surface area contributed by atoms with Crippen LogP contribution >= 0.6 is 0 Å². The Morgan fingerprint density at radius 1 is 1.10 bits per heavy atom. The van der Waals surface area contributed by atoms with Gasteiger partial charge in [-0.2, -0.15) is 0 Å². The van der Waals surface area contributed by atoms with Crippen molar-refractivity contribution in [1.29, 1.82) is 0 Å². The third-order valence-corrected chi connectivity index (χ3v) is 3.47. The van der Waals surface area contributed by atoms with Gasteiger partial charge in [0.25, 0.3) is 5.91 Å². The molecule has 2 N–H and O–H groups in total. The molecule has 0 bridgehead atoms. The number of piperazine rings is 1. The number of hydrogen-bond acceptors (Lipinski definition) is 6. The number of amides is 1. The van der Waals surface area contributed by atoms with Crippen molar-refractivity contribution in [3.8, 4) is 0 Å². The summed E-state index contributed by atoms with van der Waals surface area (Å²) in [4.78, 5) is 28.4. The molecule has 108 valence electrons. The molecule has 0 radical (unpaired) electrons. The number of pyridine rings is 1. The number of carbonyl (C=O) groups is 1. The Morgan fingerprint density at radius 2 is 1.90 bits per heavy atom. The maximum Gasteiger partial charge on any atom is 0.274 e. The lowest BCUT2D eigenvalue weighted by Crippen LogP contribution is -2.49. The summed E-state index contributed by atoms with van der Waals surface area (Å²) in [6.07, 6.45) is 6.30. The van der Waals surface area contributed by atoms with Crippen LogP contribution in [0.25, 0.3) is 0 Å². The highest BCUT2D eigenvalue weighted by Crippen LogP contribution is 2.20. The molecule has 0 aliphatic carbocycles. The zero-order valence-electron chi connectivity index (χ0n) is 11.5. The minimum absolute atomic E-state index is 0.0863. The molecule has 3 rings (SSSR count). The predicted octanol–water partition coefficient (Wildman–Crippen LogP) is 0.416. The third-order valence-electron chi connectivity index (χ3n) is 3.47. The molecule has 0 saturated carbocycles. The number of nitrogen functional groups attached to an aromatic ring is 1. The highest BCUT2D eigenvalue weighted by atomic mass is 16.2. The number of nitrogens with zero attached hydrogens (tertiary/aromatic N) is 5. The largest absolute Gasteiger partial charge is 0.396 e. The summed E-state index contributed by atoms with van der Waals surface area (Å²) in [5, 5.41) is 0. The molecule has 0 aromatic carbocycles. The summed E-state index contributed by atoms with van der Waals surface area (Å²) >= 11 is 0. The minimum atomic E-state index is -0.0863. The molecule has 1 aliphatic heterocycles. The van der Waals surface area contributed by atoms with E-state index < -0.39 is 0 Å². The van der Waals surface area contributed by atoms with Crippen LogP contribution in [0.4, 0.5) is 11.5 Å².